The van der Waals surface area contributed by atoms with E-state index in [1.807, 2.05) is 68.7 Å². The maximum absolute atomic E-state index is 13.0. The highest BCUT2D eigenvalue weighted by Gasteiger charge is 2.31. The van der Waals surface area contributed by atoms with E-state index < -0.39 is 0 Å². The number of hydrogen-bond donors (Lipinski definition) is 2. The zero-order chi connectivity index (χ0) is 21.4. The molecule has 31 heavy (non-hydrogen) atoms. The highest BCUT2D eigenvalue weighted by molar-refractivity contribution is 6.37. The fraction of sp³-hybridized carbons (Fsp3) is 0.160. The molecule has 0 saturated heterocycles. The summed E-state index contributed by atoms with van der Waals surface area (Å²) < 4.78 is 11.0. The van der Waals surface area contributed by atoms with Gasteiger partial charge in [-0.3, -0.25) is 4.79 Å². The van der Waals surface area contributed by atoms with Gasteiger partial charge in [0.05, 0.1) is 17.0 Å². The van der Waals surface area contributed by atoms with Crippen molar-refractivity contribution >= 4 is 28.6 Å². The van der Waals surface area contributed by atoms with Gasteiger partial charge in [0, 0.05) is 23.9 Å². The molecule has 0 spiro atoms. The van der Waals surface area contributed by atoms with Crippen molar-refractivity contribution in [3.63, 3.8) is 0 Å². The van der Waals surface area contributed by atoms with Crippen LogP contribution in [-0.4, -0.2) is 31.7 Å². The van der Waals surface area contributed by atoms with Crippen LogP contribution in [0.4, 0.5) is 11.4 Å². The number of ether oxygens (including phenoxy) is 2. The van der Waals surface area contributed by atoms with Crippen molar-refractivity contribution < 1.29 is 14.3 Å². The molecule has 0 fully saturated rings. The Labute approximate surface area is 181 Å². The van der Waals surface area contributed by atoms with Crippen molar-refractivity contribution in [3.05, 3.63) is 83.4 Å². The first-order valence-corrected chi connectivity index (χ1v) is 10.1. The molecule has 3 aromatic carbocycles. The van der Waals surface area contributed by atoms with Gasteiger partial charge in [0.2, 0.25) is 6.79 Å². The van der Waals surface area contributed by atoms with Crippen molar-refractivity contribution in [2.24, 2.45) is 0 Å². The monoisotopic (exact) mass is 413 g/mol. The van der Waals surface area contributed by atoms with Crippen LogP contribution < -0.4 is 20.1 Å². The van der Waals surface area contributed by atoms with Gasteiger partial charge in [-0.2, -0.15) is 0 Å². The van der Waals surface area contributed by atoms with E-state index in [2.05, 4.69) is 27.7 Å². The molecule has 0 aliphatic carbocycles. The van der Waals surface area contributed by atoms with Crippen molar-refractivity contribution in [3.8, 4) is 11.5 Å². The summed E-state index contributed by atoms with van der Waals surface area (Å²) in [5.41, 5.74) is 5.91. The predicted octanol–water partition coefficient (Wildman–Crippen LogP) is 4.41. The molecule has 3 aromatic rings. The van der Waals surface area contributed by atoms with Crippen molar-refractivity contribution in [1.82, 2.24) is 4.90 Å². The summed E-state index contributed by atoms with van der Waals surface area (Å²) in [6.45, 7) is 1.06. The first-order chi connectivity index (χ1) is 15.1. The van der Waals surface area contributed by atoms with E-state index in [4.69, 9.17) is 9.47 Å². The zero-order valence-electron chi connectivity index (χ0n) is 17.4. The summed E-state index contributed by atoms with van der Waals surface area (Å²) in [5, 5.41) is 6.46. The zero-order valence-corrected chi connectivity index (χ0v) is 17.4. The molecule has 1 amide bonds. The number of nitrogens with one attached hydrogen (secondary N) is 2. The molecule has 6 heteroatoms. The van der Waals surface area contributed by atoms with E-state index in [0.717, 1.165) is 34.7 Å². The van der Waals surface area contributed by atoms with Gasteiger partial charge < -0.3 is 25.0 Å². The van der Waals surface area contributed by atoms with Gasteiger partial charge in [-0.05, 0) is 43.4 Å². The standard InChI is InChI=1S/C25H23N3O3/c1-28(2)14-16-8-10-18(11-9-16)26-24(17-6-4-3-5-7-17)23-19-12-21-22(31-15-30-21)13-20(19)27-25(23)29/h3-13,26H,14-15H2,1-2H3,(H,27,29). The van der Waals surface area contributed by atoms with Crippen LogP contribution in [0.1, 0.15) is 16.7 Å². The van der Waals surface area contributed by atoms with E-state index >= 15 is 0 Å². The number of carbonyl (C=O) groups excluding carboxylic acids is 1. The number of rotatable bonds is 5. The topological polar surface area (TPSA) is 62.8 Å². The van der Waals surface area contributed by atoms with E-state index in [9.17, 15) is 4.79 Å². The highest BCUT2D eigenvalue weighted by atomic mass is 16.7. The lowest BCUT2D eigenvalue weighted by molar-refractivity contribution is -0.110. The fourth-order valence-electron chi connectivity index (χ4n) is 3.89. The van der Waals surface area contributed by atoms with Gasteiger partial charge in [-0.25, -0.2) is 0 Å². The van der Waals surface area contributed by atoms with Crippen LogP contribution in [0, 0.1) is 0 Å². The Morgan fingerprint density at radius 2 is 1.71 bits per heavy atom. The van der Waals surface area contributed by atoms with Crippen LogP contribution >= 0.6 is 0 Å². The lowest BCUT2D eigenvalue weighted by Gasteiger charge is -2.16. The Kier molecular flexibility index (Phi) is 4.84. The molecular weight excluding hydrogens is 390 g/mol. The maximum Gasteiger partial charge on any atom is 0.258 e. The van der Waals surface area contributed by atoms with Crippen LogP contribution in [-0.2, 0) is 11.3 Å². The van der Waals surface area contributed by atoms with Crippen LogP contribution in [0.2, 0.25) is 0 Å². The Morgan fingerprint density at radius 3 is 2.42 bits per heavy atom. The number of amides is 1. The van der Waals surface area contributed by atoms with E-state index in [1.165, 1.54) is 5.56 Å². The first kappa shape index (κ1) is 19.2. The number of hydrogen-bond acceptors (Lipinski definition) is 5. The normalized spacial score (nSPS) is 15.6. The minimum Gasteiger partial charge on any atom is -0.454 e. The molecule has 0 aromatic heterocycles. The van der Waals surface area contributed by atoms with E-state index in [-0.39, 0.29) is 12.7 Å². The highest BCUT2D eigenvalue weighted by Crippen LogP contribution is 2.44. The molecule has 0 unspecified atom stereocenters. The second kappa shape index (κ2) is 7.81. The summed E-state index contributed by atoms with van der Waals surface area (Å²) in [4.78, 5) is 15.2. The summed E-state index contributed by atoms with van der Waals surface area (Å²) in [5.74, 6) is 1.13. The number of nitrogens with zero attached hydrogens (tertiary/aromatic N) is 1. The molecule has 2 aliphatic heterocycles. The number of carbonyl (C=O) groups is 1. The van der Waals surface area contributed by atoms with Crippen LogP contribution in [0.5, 0.6) is 11.5 Å². The minimum atomic E-state index is -0.158. The Balaban J connectivity index is 1.59. The van der Waals surface area contributed by atoms with Gasteiger partial charge >= 0.3 is 0 Å². The molecule has 0 bridgehead atoms. The SMILES string of the molecule is CN(C)Cc1ccc(NC(=C2C(=O)Nc3cc4c(cc32)OCO4)c2ccccc2)cc1. The third kappa shape index (κ3) is 3.73. The molecule has 2 heterocycles. The van der Waals surface area contributed by atoms with Gasteiger partial charge in [0.25, 0.3) is 5.91 Å². The third-order valence-corrected chi connectivity index (χ3v) is 5.29. The van der Waals surface area contributed by atoms with E-state index in [1.54, 1.807) is 0 Å². The second-order valence-corrected chi connectivity index (χ2v) is 7.88. The average Bonchev–Trinajstić information content (AvgIpc) is 3.34. The van der Waals surface area contributed by atoms with Gasteiger partial charge in [0.15, 0.2) is 11.5 Å². The van der Waals surface area contributed by atoms with Gasteiger partial charge in [0.1, 0.15) is 0 Å². The van der Waals surface area contributed by atoms with Gasteiger partial charge in [-0.15, -0.1) is 0 Å². The fourth-order valence-corrected chi connectivity index (χ4v) is 3.89. The molecule has 0 atom stereocenters. The van der Waals surface area contributed by atoms with Crippen LogP contribution in [0.25, 0.3) is 11.3 Å². The minimum absolute atomic E-state index is 0.158. The average molecular weight is 413 g/mol. The maximum atomic E-state index is 13.0. The predicted molar refractivity (Wildman–Crippen MR) is 122 cm³/mol. The molecule has 2 aliphatic rings. The van der Waals surface area contributed by atoms with Crippen molar-refractivity contribution in [1.29, 1.82) is 0 Å². The summed E-state index contributed by atoms with van der Waals surface area (Å²) in [6, 6.07) is 21.8. The first-order valence-electron chi connectivity index (χ1n) is 10.1. The lowest BCUT2D eigenvalue weighted by atomic mass is 9.99. The number of anilines is 2. The summed E-state index contributed by atoms with van der Waals surface area (Å²) in [6.07, 6.45) is 0. The van der Waals surface area contributed by atoms with E-state index in [0.29, 0.717) is 17.1 Å². The molecule has 156 valence electrons. The summed E-state index contributed by atoms with van der Waals surface area (Å²) >= 11 is 0. The summed E-state index contributed by atoms with van der Waals surface area (Å²) in [7, 11) is 4.09. The largest absolute Gasteiger partial charge is 0.454 e. The van der Waals surface area contributed by atoms with Crippen LogP contribution in [0.15, 0.2) is 66.7 Å². The smallest absolute Gasteiger partial charge is 0.258 e. The Bertz CT molecular complexity index is 1170. The Morgan fingerprint density at radius 1 is 1.00 bits per heavy atom. The molecule has 6 nitrogen and oxygen atoms in total. The van der Waals surface area contributed by atoms with Crippen molar-refractivity contribution in [2.45, 2.75) is 6.54 Å². The third-order valence-electron chi connectivity index (χ3n) is 5.29. The quantitative estimate of drug-likeness (QED) is 0.607. The molecule has 5 rings (SSSR count). The molecule has 0 saturated carbocycles. The number of fused-ring (bicyclic) bond motifs is 2. The van der Waals surface area contributed by atoms with Crippen molar-refractivity contribution in [2.75, 3.05) is 31.5 Å². The van der Waals surface area contributed by atoms with Crippen LogP contribution in [0.3, 0.4) is 0 Å². The lowest BCUT2D eigenvalue weighted by Crippen LogP contribution is -2.11. The molecule has 2 N–H and O–H groups in total. The van der Waals surface area contributed by atoms with Gasteiger partial charge in [-0.1, -0.05) is 42.5 Å². The number of benzene rings is 3. The molecule has 0 radical (unpaired) electrons. The Hall–Kier alpha value is -3.77. The second-order valence-electron chi connectivity index (χ2n) is 7.88. The molecular formula is C25H23N3O3.